The third-order valence-electron chi connectivity index (χ3n) is 3.12. The molecule has 0 aliphatic carbocycles. The first kappa shape index (κ1) is 13.5. The molecule has 0 aromatic carbocycles. The summed E-state index contributed by atoms with van der Waals surface area (Å²) in [6, 6.07) is 2.11. The van der Waals surface area contributed by atoms with E-state index in [2.05, 4.69) is 33.6 Å². The van der Waals surface area contributed by atoms with Gasteiger partial charge < -0.3 is 20.1 Å². The van der Waals surface area contributed by atoms with Gasteiger partial charge in [-0.05, 0) is 13.0 Å². The van der Waals surface area contributed by atoms with Gasteiger partial charge in [-0.15, -0.1) is 11.3 Å². The minimum atomic E-state index is 0.0755. The summed E-state index contributed by atoms with van der Waals surface area (Å²) < 4.78 is 11.0. The van der Waals surface area contributed by atoms with Crippen molar-refractivity contribution in [3.63, 3.8) is 0 Å². The zero-order valence-electron chi connectivity index (χ0n) is 11.6. The summed E-state index contributed by atoms with van der Waals surface area (Å²) in [7, 11) is 1.82. The second kappa shape index (κ2) is 5.90. The third kappa shape index (κ3) is 2.84. The monoisotopic (exact) mass is 294 g/mol. The first-order valence-corrected chi connectivity index (χ1v) is 7.47. The second-order valence-corrected chi connectivity index (χ2v) is 5.91. The van der Waals surface area contributed by atoms with E-state index < -0.39 is 0 Å². The van der Waals surface area contributed by atoms with Gasteiger partial charge in [0, 0.05) is 18.5 Å². The van der Waals surface area contributed by atoms with Gasteiger partial charge in [-0.3, -0.25) is 0 Å². The molecule has 2 aromatic heterocycles. The van der Waals surface area contributed by atoms with Crippen molar-refractivity contribution in [3.8, 4) is 0 Å². The maximum Gasteiger partial charge on any atom is 0.225 e. The molecular formula is C13H18N4O2S. The SMILES string of the molecule is CNc1nc(NCC2COCCO2)c2cc(C)sc2n1. The third-order valence-corrected chi connectivity index (χ3v) is 4.07. The van der Waals surface area contributed by atoms with Gasteiger partial charge >= 0.3 is 0 Å². The van der Waals surface area contributed by atoms with E-state index in [1.165, 1.54) is 4.88 Å². The molecule has 3 rings (SSSR count). The highest BCUT2D eigenvalue weighted by Crippen LogP contribution is 2.29. The Bertz CT molecular complexity index is 595. The lowest BCUT2D eigenvalue weighted by Gasteiger charge is -2.23. The molecule has 1 unspecified atom stereocenters. The summed E-state index contributed by atoms with van der Waals surface area (Å²) in [5, 5.41) is 7.41. The lowest BCUT2D eigenvalue weighted by atomic mass is 10.3. The highest BCUT2D eigenvalue weighted by Gasteiger charge is 2.16. The zero-order valence-corrected chi connectivity index (χ0v) is 12.4. The molecule has 1 fully saturated rings. The molecule has 1 aliphatic rings. The van der Waals surface area contributed by atoms with Crippen molar-refractivity contribution in [2.75, 3.05) is 44.0 Å². The number of nitrogens with one attached hydrogen (secondary N) is 2. The number of thiophene rings is 1. The number of ether oxygens (including phenoxy) is 2. The van der Waals surface area contributed by atoms with Crippen molar-refractivity contribution in [2.24, 2.45) is 0 Å². The normalized spacial score (nSPS) is 19.2. The topological polar surface area (TPSA) is 68.3 Å². The van der Waals surface area contributed by atoms with Gasteiger partial charge in [0.15, 0.2) is 0 Å². The molecule has 0 bridgehead atoms. The molecule has 1 saturated heterocycles. The summed E-state index contributed by atoms with van der Waals surface area (Å²) in [6.07, 6.45) is 0.0755. The van der Waals surface area contributed by atoms with Gasteiger partial charge in [0.1, 0.15) is 10.6 Å². The van der Waals surface area contributed by atoms with Crippen LogP contribution in [-0.4, -0.2) is 49.5 Å². The Morgan fingerprint density at radius 2 is 2.30 bits per heavy atom. The Morgan fingerprint density at radius 3 is 3.05 bits per heavy atom. The Balaban J connectivity index is 1.81. The summed E-state index contributed by atoms with van der Waals surface area (Å²) >= 11 is 1.67. The average molecular weight is 294 g/mol. The number of nitrogens with zero attached hydrogens (tertiary/aromatic N) is 2. The lowest BCUT2D eigenvalue weighted by molar-refractivity contribution is -0.0819. The van der Waals surface area contributed by atoms with Crippen LogP contribution in [0.5, 0.6) is 0 Å². The van der Waals surface area contributed by atoms with E-state index >= 15 is 0 Å². The van der Waals surface area contributed by atoms with Gasteiger partial charge in [-0.1, -0.05) is 0 Å². The molecule has 1 atom stereocenters. The molecule has 2 N–H and O–H groups in total. The quantitative estimate of drug-likeness (QED) is 0.897. The van der Waals surface area contributed by atoms with Crippen LogP contribution in [0.4, 0.5) is 11.8 Å². The predicted molar refractivity (Wildman–Crippen MR) is 80.7 cm³/mol. The van der Waals surface area contributed by atoms with E-state index in [0.717, 1.165) is 16.0 Å². The van der Waals surface area contributed by atoms with Crippen LogP contribution >= 0.6 is 11.3 Å². The van der Waals surface area contributed by atoms with Crippen molar-refractivity contribution in [1.82, 2.24) is 9.97 Å². The van der Waals surface area contributed by atoms with Crippen LogP contribution in [0.3, 0.4) is 0 Å². The molecule has 108 valence electrons. The van der Waals surface area contributed by atoms with Gasteiger partial charge in [-0.2, -0.15) is 4.98 Å². The van der Waals surface area contributed by atoms with Gasteiger partial charge in [0.2, 0.25) is 5.95 Å². The van der Waals surface area contributed by atoms with E-state index in [4.69, 9.17) is 9.47 Å². The van der Waals surface area contributed by atoms with Crippen LogP contribution in [0.25, 0.3) is 10.2 Å². The van der Waals surface area contributed by atoms with E-state index in [0.29, 0.717) is 32.3 Å². The fourth-order valence-electron chi connectivity index (χ4n) is 2.15. The molecule has 7 heteroatoms. The van der Waals surface area contributed by atoms with Crippen LogP contribution in [-0.2, 0) is 9.47 Å². The van der Waals surface area contributed by atoms with Crippen LogP contribution in [0.15, 0.2) is 6.07 Å². The van der Waals surface area contributed by atoms with Crippen LogP contribution in [0.1, 0.15) is 4.88 Å². The summed E-state index contributed by atoms with van der Waals surface area (Å²) in [5.74, 6) is 1.47. The van der Waals surface area contributed by atoms with Gasteiger partial charge in [0.25, 0.3) is 0 Å². The van der Waals surface area contributed by atoms with Crippen molar-refractivity contribution in [3.05, 3.63) is 10.9 Å². The molecule has 0 amide bonds. The number of aromatic nitrogens is 2. The number of aryl methyl sites for hydroxylation is 1. The van der Waals surface area contributed by atoms with Crippen molar-refractivity contribution in [1.29, 1.82) is 0 Å². The highest BCUT2D eigenvalue weighted by atomic mass is 32.1. The summed E-state index contributed by atoms with van der Waals surface area (Å²) in [5.41, 5.74) is 0. The molecule has 0 saturated carbocycles. The lowest BCUT2D eigenvalue weighted by Crippen LogP contribution is -2.34. The van der Waals surface area contributed by atoms with Gasteiger partial charge in [-0.25, -0.2) is 4.98 Å². The van der Waals surface area contributed by atoms with Crippen LogP contribution in [0, 0.1) is 6.92 Å². The Morgan fingerprint density at radius 1 is 1.40 bits per heavy atom. The Labute approximate surface area is 121 Å². The van der Waals surface area contributed by atoms with E-state index in [1.54, 1.807) is 11.3 Å². The molecule has 0 spiro atoms. The maximum absolute atomic E-state index is 5.63. The fourth-order valence-corrected chi connectivity index (χ4v) is 3.03. The summed E-state index contributed by atoms with van der Waals surface area (Å²) in [4.78, 5) is 11.2. The first-order chi connectivity index (χ1) is 9.76. The first-order valence-electron chi connectivity index (χ1n) is 6.65. The summed E-state index contributed by atoms with van der Waals surface area (Å²) in [6.45, 7) is 4.73. The fraction of sp³-hybridized carbons (Fsp3) is 0.538. The Hall–Kier alpha value is -1.44. The minimum absolute atomic E-state index is 0.0755. The van der Waals surface area contributed by atoms with Crippen molar-refractivity contribution in [2.45, 2.75) is 13.0 Å². The number of fused-ring (bicyclic) bond motifs is 1. The number of anilines is 2. The minimum Gasteiger partial charge on any atom is -0.376 e. The van der Waals surface area contributed by atoms with Crippen LogP contribution < -0.4 is 10.6 Å². The molecule has 1 aliphatic heterocycles. The average Bonchev–Trinajstić information content (AvgIpc) is 2.86. The van der Waals surface area contributed by atoms with E-state index in [1.807, 2.05) is 7.05 Å². The Kier molecular flexibility index (Phi) is 4.00. The zero-order chi connectivity index (χ0) is 13.9. The number of rotatable bonds is 4. The van der Waals surface area contributed by atoms with Crippen LogP contribution in [0.2, 0.25) is 0 Å². The standard InChI is InChI=1S/C13H18N4O2S/c1-8-5-10-11(15-6-9-7-18-3-4-19-9)16-13(14-2)17-12(10)20-8/h5,9H,3-4,6-7H2,1-2H3,(H2,14,15,16,17). The predicted octanol–water partition coefficient (Wildman–Crippen LogP) is 1.87. The van der Waals surface area contributed by atoms with Crippen molar-refractivity contribution >= 4 is 33.3 Å². The molecule has 0 radical (unpaired) electrons. The molecule has 6 nitrogen and oxygen atoms in total. The maximum atomic E-state index is 5.63. The molecular weight excluding hydrogens is 276 g/mol. The van der Waals surface area contributed by atoms with Crippen molar-refractivity contribution < 1.29 is 9.47 Å². The molecule has 3 heterocycles. The highest BCUT2D eigenvalue weighted by molar-refractivity contribution is 7.18. The second-order valence-electron chi connectivity index (χ2n) is 4.67. The smallest absolute Gasteiger partial charge is 0.225 e. The number of hydrogen-bond donors (Lipinski definition) is 2. The number of hydrogen-bond acceptors (Lipinski definition) is 7. The van der Waals surface area contributed by atoms with Gasteiger partial charge in [0.05, 0.1) is 31.3 Å². The molecule has 20 heavy (non-hydrogen) atoms. The van der Waals surface area contributed by atoms with E-state index in [-0.39, 0.29) is 6.10 Å². The van der Waals surface area contributed by atoms with E-state index in [9.17, 15) is 0 Å². The molecule has 2 aromatic rings. The largest absolute Gasteiger partial charge is 0.376 e.